The largest absolute Gasteiger partial charge is 0.345 e. The summed E-state index contributed by atoms with van der Waals surface area (Å²) < 4.78 is 0. The maximum atomic E-state index is 12.3. The van der Waals surface area contributed by atoms with Crippen molar-refractivity contribution in [2.45, 2.75) is 44.9 Å². The third-order valence-electron chi connectivity index (χ3n) is 4.66. The zero-order valence-electron chi connectivity index (χ0n) is 11.0. The van der Waals surface area contributed by atoms with Gasteiger partial charge in [-0.1, -0.05) is 6.42 Å². The molecule has 2 rings (SSSR count). The van der Waals surface area contributed by atoms with Crippen molar-refractivity contribution in [1.82, 2.24) is 4.90 Å². The zero-order chi connectivity index (χ0) is 12.3. The van der Waals surface area contributed by atoms with Gasteiger partial charge in [-0.05, 0) is 56.9 Å². The minimum atomic E-state index is 0.280. The average molecular weight is 238 g/mol. The summed E-state index contributed by atoms with van der Waals surface area (Å²) in [6, 6.07) is 0. The number of rotatable bonds is 4. The summed E-state index contributed by atoms with van der Waals surface area (Å²) in [6.45, 7) is 1.77. The highest BCUT2D eigenvalue weighted by Gasteiger charge is 2.29. The first-order valence-electron chi connectivity index (χ1n) is 7.15. The molecule has 2 aliphatic carbocycles. The Kier molecular flexibility index (Phi) is 4.43. The van der Waals surface area contributed by atoms with Crippen LogP contribution in [-0.4, -0.2) is 30.9 Å². The van der Waals surface area contributed by atoms with Crippen LogP contribution in [0.3, 0.4) is 0 Å². The molecular formula is C14H26N2O. The summed E-state index contributed by atoms with van der Waals surface area (Å²) in [5.41, 5.74) is 5.68. The summed E-state index contributed by atoms with van der Waals surface area (Å²) in [5, 5.41) is 0. The van der Waals surface area contributed by atoms with E-state index in [4.69, 9.17) is 5.73 Å². The molecule has 3 heteroatoms. The molecule has 98 valence electrons. The van der Waals surface area contributed by atoms with E-state index in [1.165, 1.54) is 19.3 Å². The minimum Gasteiger partial charge on any atom is -0.345 e. The maximum absolute atomic E-state index is 12.3. The van der Waals surface area contributed by atoms with Gasteiger partial charge in [-0.25, -0.2) is 0 Å². The number of carbonyl (C=O) groups is 1. The van der Waals surface area contributed by atoms with Crippen molar-refractivity contribution in [2.24, 2.45) is 23.5 Å². The second kappa shape index (κ2) is 5.85. The quantitative estimate of drug-likeness (QED) is 0.814. The molecule has 0 aromatic rings. The van der Waals surface area contributed by atoms with Crippen LogP contribution in [0.5, 0.6) is 0 Å². The maximum Gasteiger partial charge on any atom is 0.225 e. The first kappa shape index (κ1) is 12.9. The fraction of sp³-hybridized carbons (Fsp3) is 0.929. The van der Waals surface area contributed by atoms with E-state index >= 15 is 0 Å². The molecule has 1 amide bonds. The third kappa shape index (κ3) is 3.21. The van der Waals surface area contributed by atoms with Crippen LogP contribution in [0.25, 0.3) is 0 Å². The minimum absolute atomic E-state index is 0.280. The van der Waals surface area contributed by atoms with Crippen molar-refractivity contribution in [1.29, 1.82) is 0 Å². The zero-order valence-corrected chi connectivity index (χ0v) is 11.0. The monoisotopic (exact) mass is 238 g/mol. The van der Waals surface area contributed by atoms with Gasteiger partial charge in [0, 0.05) is 19.5 Å². The Morgan fingerprint density at radius 3 is 2.24 bits per heavy atom. The molecule has 0 bridgehead atoms. The number of amides is 1. The van der Waals surface area contributed by atoms with Gasteiger partial charge in [0.05, 0.1) is 0 Å². The molecule has 0 atom stereocenters. The molecule has 17 heavy (non-hydrogen) atoms. The summed E-state index contributed by atoms with van der Waals surface area (Å²) in [4.78, 5) is 14.2. The number of nitrogens with two attached hydrogens (primary N) is 1. The summed E-state index contributed by atoms with van der Waals surface area (Å²) in [5.74, 6) is 2.11. The van der Waals surface area contributed by atoms with Gasteiger partial charge in [0.25, 0.3) is 0 Å². The first-order valence-corrected chi connectivity index (χ1v) is 7.15. The topological polar surface area (TPSA) is 46.3 Å². The van der Waals surface area contributed by atoms with Gasteiger partial charge in [-0.15, -0.1) is 0 Å². The van der Waals surface area contributed by atoms with Gasteiger partial charge in [0.2, 0.25) is 5.91 Å². The van der Waals surface area contributed by atoms with Gasteiger partial charge < -0.3 is 10.6 Å². The van der Waals surface area contributed by atoms with Crippen LogP contribution in [0.4, 0.5) is 0 Å². The normalized spacial score (nSPS) is 29.8. The fourth-order valence-corrected chi connectivity index (χ4v) is 3.11. The standard InChI is InChI=1S/C14H26N2O/c1-16(10-12-3-2-4-12)14(17)13-7-5-11(9-15)6-8-13/h11-13H,2-10,15H2,1H3. The molecule has 0 spiro atoms. The third-order valence-corrected chi connectivity index (χ3v) is 4.66. The van der Waals surface area contributed by atoms with Crippen molar-refractivity contribution in [2.75, 3.05) is 20.1 Å². The first-order chi connectivity index (χ1) is 8.20. The number of hydrogen-bond donors (Lipinski definition) is 1. The lowest BCUT2D eigenvalue weighted by atomic mass is 9.81. The van der Waals surface area contributed by atoms with Gasteiger partial charge >= 0.3 is 0 Å². The molecule has 2 fully saturated rings. The Morgan fingerprint density at radius 2 is 1.76 bits per heavy atom. The molecule has 2 N–H and O–H groups in total. The summed E-state index contributed by atoms with van der Waals surface area (Å²) in [6.07, 6.45) is 8.38. The summed E-state index contributed by atoms with van der Waals surface area (Å²) in [7, 11) is 1.98. The van der Waals surface area contributed by atoms with Crippen molar-refractivity contribution in [3.05, 3.63) is 0 Å². The Labute approximate surface area is 105 Å². The smallest absolute Gasteiger partial charge is 0.225 e. The fourth-order valence-electron chi connectivity index (χ4n) is 3.11. The molecule has 0 saturated heterocycles. The van der Waals surface area contributed by atoms with Gasteiger partial charge in [-0.2, -0.15) is 0 Å². The molecule has 3 nitrogen and oxygen atoms in total. The van der Waals surface area contributed by atoms with E-state index in [-0.39, 0.29) is 5.92 Å². The second-order valence-electron chi connectivity index (χ2n) is 5.97. The van der Waals surface area contributed by atoms with Crippen molar-refractivity contribution < 1.29 is 4.79 Å². The van der Waals surface area contributed by atoms with Crippen LogP contribution in [0.15, 0.2) is 0 Å². The van der Waals surface area contributed by atoms with Crippen LogP contribution in [0, 0.1) is 17.8 Å². The molecule has 0 aromatic carbocycles. The highest BCUT2D eigenvalue weighted by Crippen LogP contribution is 2.31. The van der Waals surface area contributed by atoms with E-state index in [1.807, 2.05) is 11.9 Å². The predicted octanol–water partition coefficient (Wildman–Crippen LogP) is 2.01. The van der Waals surface area contributed by atoms with Gasteiger partial charge in [-0.3, -0.25) is 4.79 Å². The predicted molar refractivity (Wildman–Crippen MR) is 69.5 cm³/mol. The van der Waals surface area contributed by atoms with Crippen LogP contribution >= 0.6 is 0 Å². The molecule has 2 saturated carbocycles. The van der Waals surface area contributed by atoms with Crippen LogP contribution in [0.1, 0.15) is 44.9 Å². The molecule has 0 aliphatic heterocycles. The van der Waals surface area contributed by atoms with Crippen molar-refractivity contribution in [3.8, 4) is 0 Å². The Hall–Kier alpha value is -0.570. The van der Waals surface area contributed by atoms with Crippen LogP contribution in [-0.2, 0) is 4.79 Å². The summed E-state index contributed by atoms with van der Waals surface area (Å²) >= 11 is 0. The van der Waals surface area contributed by atoms with Crippen LogP contribution < -0.4 is 5.73 Å². The SMILES string of the molecule is CN(CC1CCC1)C(=O)C1CCC(CN)CC1. The highest BCUT2D eigenvalue weighted by molar-refractivity contribution is 5.78. The van der Waals surface area contributed by atoms with E-state index in [9.17, 15) is 4.79 Å². The van der Waals surface area contributed by atoms with E-state index in [0.29, 0.717) is 11.8 Å². The number of carbonyl (C=O) groups excluding carboxylic acids is 1. The van der Waals surface area contributed by atoms with Crippen molar-refractivity contribution in [3.63, 3.8) is 0 Å². The Morgan fingerprint density at radius 1 is 1.12 bits per heavy atom. The van der Waals surface area contributed by atoms with E-state index in [0.717, 1.165) is 44.7 Å². The molecule has 2 aliphatic rings. The number of hydrogen-bond acceptors (Lipinski definition) is 2. The molecule has 0 unspecified atom stereocenters. The molecule has 0 heterocycles. The Bertz CT molecular complexity index is 255. The van der Waals surface area contributed by atoms with E-state index in [1.54, 1.807) is 0 Å². The highest BCUT2D eigenvalue weighted by atomic mass is 16.2. The Balaban J connectivity index is 1.75. The van der Waals surface area contributed by atoms with Gasteiger partial charge in [0.15, 0.2) is 0 Å². The van der Waals surface area contributed by atoms with E-state index in [2.05, 4.69) is 0 Å². The molecule has 0 aromatic heterocycles. The number of nitrogens with zero attached hydrogens (tertiary/aromatic N) is 1. The lowest BCUT2D eigenvalue weighted by Crippen LogP contribution is -2.39. The molecule has 0 radical (unpaired) electrons. The lowest BCUT2D eigenvalue weighted by Gasteiger charge is -2.34. The second-order valence-corrected chi connectivity index (χ2v) is 5.97. The van der Waals surface area contributed by atoms with Crippen molar-refractivity contribution >= 4 is 5.91 Å². The van der Waals surface area contributed by atoms with Gasteiger partial charge in [0.1, 0.15) is 0 Å². The average Bonchev–Trinajstić information content (AvgIpc) is 2.32. The lowest BCUT2D eigenvalue weighted by molar-refractivity contribution is -0.136. The molecular weight excluding hydrogens is 212 g/mol. The van der Waals surface area contributed by atoms with Crippen LogP contribution in [0.2, 0.25) is 0 Å². The van der Waals surface area contributed by atoms with E-state index < -0.39 is 0 Å².